The lowest BCUT2D eigenvalue weighted by molar-refractivity contribution is 0.441. The van der Waals surface area contributed by atoms with E-state index >= 15 is 0 Å². The number of nitrogens with zero attached hydrogens (tertiary/aromatic N) is 1. The van der Waals surface area contributed by atoms with Crippen LogP contribution in [0.4, 0.5) is 4.39 Å². The summed E-state index contributed by atoms with van der Waals surface area (Å²) in [4.78, 5) is 3.86. The lowest BCUT2D eigenvalue weighted by Crippen LogP contribution is -2.27. The standard InChI is InChI=1S/C9H14FNSi/c1-12(2,3)9(10)8-4-6-11-7-5-8/h4-7,9H,1-3H3. The highest BCUT2D eigenvalue weighted by Gasteiger charge is 2.27. The normalized spacial score (nSPS) is 14.3. The average Bonchev–Trinajstić information content (AvgIpc) is 2.03. The molecular weight excluding hydrogens is 169 g/mol. The van der Waals surface area contributed by atoms with E-state index in [1.165, 1.54) is 0 Å². The lowest BCUT2D eigenvalue weighted by atomic mass is 10.3. The molecule has 0 radical (unpaired) electrons. The van der Waals surface area contributed by atoms with Gasteiger partial charge in [0.1, 0.15) is 5.79 Å². The van der Waals surface area contributed by atoms with E-state index in [0.29, 0.717) is 0 Å². The van der Waals surface area contributed by atoms with E-state index in [1.807, 2.05) is 19.6 Å². The van der Waals surface area contributed by atoms with E-state index < -0.39 is 13.9 Å². The summed E-state index contributed by atoms with van der Waals surface area (Å²) in [6, 6.07) is 3.51. The van der Waals surface area contributed by atoms with Crippen molar-refractivity contribution in [2.75, 3.05) is 0 Å². The van der Waals surface area contributed by atoms with Crippen molar-refractivity contribution in [3.63, 3.8) is 0 Å². The second-order valence-electron chi connectivity index (χ2n) is 4.01. The molecule has 1 atom stereocenters. The molecule has 0 spiro atoms. The topological polar surface area (TPSA) is 12.9 Å². The van der Waals surface area contributed by atoms with E-state index in [9.17, 15) is 4.39 Å². The van der Waals surface area contributed by atoms with Crippen LogP contribution in [-0.4, -0.2) is 13.1 Å². The largest absolute Gasteiger partial charge is 0.265 e. The zero-order valence-corrected chi connectivity index (χ0v) is 8.71. The van der Waals surface area contributed by atoms with Crippen molar-refractivity contribution in [1.82, 2.24) is 4.98 Å². The van der Waals surface area contributed by atoms with Crippen molar-refractivity contribution in [1.29, 1.82) is 0 Å². The van der Waals surface area contributed by atoms with Crippen LogP contribution in [-0.2, 0) is 0 Å². The van der Waals surface area contributed by atoms with Gasteiger partial charge in [0.25, 0.3) is 0 Å². The minimum atomic E-state index is -1.70. The Kier molecular flexibility index (Phi) is 2.62. The van der Waals surface area contributed by atoms with Gasteiger partial charge >= 0.3 is 0 Å². The molecule has 12 heavy (non-hydrogen) atoms. The Morgan fingerprint density at radius 3 is 2.17 bits per heavy atom. The fourth-order valence-electron chi connectivity index (χ4n) is 1.03. The number of halogens is 1. The Morgan fingerprint density at radius 1 is 1.25 bits per heavy atom. The molecule has 66 valence electrons. The first-order valence-corrected chi connectivity index (χ1v) is 7.63. The molecule has 1 aromatic rings. The summed E-state index contributed by atoms with van der Waals surface area (Å²) in [5.74, 6) is -0.777. The number of rotatable bonds is 2. The quantitative estimate of drug-likeness (QED) is 0.642. The summed E-state index contributed by atoms with van der Waals surface area (Å²) in [6.45, 7) is 6.08. The Morgan fingerprint density at radius 2 is 1.75 bits per heavy atom. The molecule has 1 heterocycles. The van der Waals surface area contributed by atoms with Crippen molar-refractivity contribution in [3.05, 3.63) is 30.1 Å². The highest BCUT2D eigenvalue weighted by Crippen LogP contribution is 2.27. The third kappa shape index (κ3) is 2.14. The van der Waals surface area contributed by atoms with Gasteiger partial charge in [0.15, 0.2) is 0 Å². The molecule has 1 nitrogen and oxygen atoms in total. The van der Waals surface area contributed by atoms with Crippen molar-refractivity contribution >= 4 is 8.07 Å². The Hall–Kier alpha value is -0.703. The minimum Gasteiger partial charge on any atom is -0.265 e. The van der Waals surface area contributed by atoms with Gasteiger partial charge in [-0.1, -0.05) is 19.6 Å². The number of hydrogen-bond acceptors (Lipinski definition) is 1. The number of alkyl halides is 1. The molecule has 0 N–H and O–H groups in total. The van der Waals surface area contributed by atoms with E-state index in [1.54, 1.807) is 24.5 Å². The van der Waals surface area contributed by atoms with Gasteiger partial charge in [-0.15, -0.1) is 0 Å². The molecule has 0 saturated heterocycles. The maximum absolute atomic E-state index is 13.7. The van der Waals surface area contributed by atoms with Gasteiger partial charge in [0.2, 0.25) is 0 Å². The Bertz CT molecular complexity index is 242. The smallest absolute Gasteiger partial charge is 0.113 e. The van der Waals surface area contributed by atoms with E-state index in [-0.39, 0.29) is 0 Å². The molecule has 0 aliphatic heterocycles. The molecule has 0 fully saturated rings. The maximum Gasteiger partial charge on any atom is 0.113 e. The first kappa shape index (κ1) is 9.39. The minimum absolute atomic E-state index is 0.768. The van der Waals surface area contributed by atoms with Crippen LogP contribution in [0.25, 0.3) is 0 Å². The average molecular weight is 183 g/mol. The summed E-state index contributed by atoms with van der Waals surface area (Å²) < 4.78 is 13.7. The molecule has 1 aromatic heterocycles. The Labute approximate surface area is 73.7 Å². The van der Waals surface area contributed by atoms with Crippen LogP contribution in [0, 0.1) is 0 Å². The molecule has 1 unspecified atom stereocenters. The van der Waals surface area contributed by atoms with Gasteiger partial charge in [-0.3, -0.25) is 4.98 Å². The second-order valence-corrected chi connectivity index (χ2v) is 9.25. The highest BCUT2D eigenvalue weighted by atomic mass is 28.3. The van der Waals surface area contributed by atoms with E-state index in [0.717, 1.165) is 5.56 Å². The Balaban J connectivity index is 2.86. The highest BCUT2D eigenvalue weighted by molar-refractivity contribution is 6.77. The third-order valence-corrected chi connectivity index (χ3v) is 3.61. The van der Waals surface area contributed by atoms with Crippen LogP contribution in [0.5, 0.6) is 0 Å². The zero-order valence-electron chi connectivity index (χ0n) is 7.71. The summed E-state index contributed by atoms with van der Waals surface area (Å²) in [7, 11) is -1.70. The van der Waals surface area contributed by atoms with Crippen molar-refractivity contribution in [2.45, 2.75) is 25.4 Å². The van der Waals surface area contributed by atoms with Crippen LogP contribution in [0.15, 0.2) is 24.5 Å². The van der Waals surface area contributed by atoms with Crippen LogP contribution in [0.1, 0.15) is 11.4 Å². The summed E-state index contributed by atoms with van der Waals surface area (Å²) >= 11 is 0. The predicted molar refractivity (Wildman–Crippen MR) is 51.4 cm³/mol. The van der Waals surface area contributed by atoms with Crippen LogP contribution in [0.3, 0.4) is 0 Å². The first-order valence-electron chi connectivity index (χ1n) is 4.06. The molecule has 3 heteroatoms. The van der Waals surface area contributed by atoms with Gasteiger partial charge < -0.3 is 0 Å². The molecule has 0 aromatic carbocycles. The van der Waals surface area contributed by atoms with E-state index in [4.69, 9.17) is 0 Å². The molecular formula is C9H14FNSi. The summed E-state index contributed by atoms with van der Waals surface area (Å²) in [6.07, 6.45) is 3.28. The number of hydrogen-bond donors (Lipinski definition) is 0. The molecule has 0 aliphatic rings. The van der Waals surface area contributed by atoms with Crippen LogP contribution < -0.4 is 0 Å². The monoisotopic (exact) mass is 183 g/mol. The number of aromatic nitrogens is 1. The van der Waals surface area contributed by atoms with Gasteiger partial charge in [-0.05, 0) is 17.7 Å². The van der Waals surface area contributed by atoms with Crippen molar-refractivity contribution < 1.29 is 4.39 Å². The molecule has 0 amide bonds. The van der Waals surface area contributed by atoms with Gasteiger partial charge in [-0.2, -0.15) is 0 Å². The second kappa shape index (κ2) is 3.35. The molecule has 1 rings (SSSR count). The summed E-state index contributed by atoms with van der Waals surface area (Å²) in [5, 5.41) is 0. The maximum atomic E-state index is 13.7. The van der Waals surface area contributed by atoms with Crippen molar-refractivity contribution in [2.24, 2.45) is 0 Å². The van der Waals surface area contributed by atoms with Gasteiger partial charge in [0, 0.05) is 12.4 Å². The first-order chi connectivity index (χ1) is 5.52. The summed E-state index contributed by atoms with van der Waals surface area (Å²) in [5.41, 5.74) is 0.768. The molecule has 0 saturated carbocycles. The van der Waals surface area contributed by atoms with Crippen LogP contribution in [0.2, 0.25) is 19.6 Å². The van der Waals surface area contributed by atoms with Gasteiger partial charge in [0.05, 0.1) is 8.07 Å². The van der Waals surface area contributed by atoms with Crippen LogP contribution >= 0.6 is 0 Å². The fourth-order valence-corrected chi connectivity index (χ4v) is 2.22. The lowest BCUT2D eigenvalue weighted by Gasteiger charge is -2.21. The number of pyridine rings is 1. The molecule has 0 aliphatic carbocycles. The van der Waals surface area contributed by atoms with Gasteiger partial charge in [-0.25, -0.2) is 4.39 Å². The predicted octanol–water partition coefficient (Wildman–Crippen LogP) is 2.97. The van der Waals surface area contributed by atoms with E-state index in [2.05, 4.69) is 4.98 Å². The third-order valence-electron chi connectivity index (χ3n) is 1.76. The zero-order chi connectivity index (χ0) is 9.19. The van der Waals surface area contributed by atoms with Crippen molar-refractivity contribution in [3.8, 4) is 0 Å². The SMILES string of the molecule is C[Si](C)(C)C(F)c1ccncc1. The molecule has 0 bridgehead atoms. The fraction of sp³-hybridized carbons (Fsp3) is 0.444.